The summed E-state index contributed by atoms with van der Waals surface area (Å²) in [5.41, 5.74) is 0. The molecule has 0 rings (SSSR count). The number of aliphatic hydroxyl groups is 2. The van der Waals surface area contributed by atoms with Gasteiger partial charge in [-0.2, -0.15) is 0 Å². The van der Waals surface area contributed by atoms with Crippen LogP contribution in [0.15, 0.2) is 12.2 Å². The molecule has 0 aliphatic carbocycles. The van der Waals surface area contributed by atoms with Crippen LogP contribution < -0.4 is 0 Å². The Morgan fingerprint density at radius 3 is 2.07 bits per heavy atom. The predicted molar refractivity (Wildman–Crippen MR) is 101 cm³/mol. The highest BCUT2D eigenvalue weighted by Gasteiger charge is 2.38. The molecule has 0 aliphatic rings. The summed E-state index contributed by atoms with van der Waals surface area (Å²) in [6.45, 7) is 1.95. The number of hydrogen-bond donors (Lipinski definition) is 2. The first-order valence-corrected chi connectivity index (χ1v) is 9.56. The molecule has 9 nitrogen and oxygen atoms in total. The Bertz CT molecular complexity index is 471. The van der Waals surface area contributed by atoms with Gasteiger partial charge in [-0.15, -0.1) is 0 Å². The van der Waals surface area contributed by atoms with Crippen molar-refractivity contribution in [1.29, 1.82) is 0 Å². The van der Waals surface area contributed by atoms with Gasteiger partial charge in [0.2, 0.25) is 12.1 Å². The normalized spacial score (nSPS) is 16.0. The molecule has 0 bridgehead atoms. The van der Waals surface area contributed by atoms with Crippen molar-refractivity contribution in [2.24, 2.45) is 0 Å². The Kier molecular flexibility index (Phi) is 14.2. The predicted octanol–water partition coefficient (Wildman–Crippen LogP) is 2.67. The summed E-state index contributed by atoms with van der Waals surface area (Å²) in [5.74, 6) is 0. The summed E-state index contributed by atoms with van der Waals surface area (Å²) in [5, 5.41) is 42.6. The maximum Gasteiger partial charge on any atom is 0.241 e. The fourth-order valence-corrected chi connectivity index (χ4v) is 2.83. The number of aldehydes is 1. The molecule has 0 radical (unpaired) electrons. The first kappa shape index (κ1) is 25.1. The van der Waals surface area contributed by atoms with E-state index in [1.165, 1.54) is 0 Å². The number of aliphatic hydroxyl groups excluding tert-OH is 2. The van der Waals surface area contributed by atoms with E-state index in [1.807, 2.05) is 6.92 Å². The first-order valence-electron chi connectivity index (χ1n) is 9.56. The Labute approximate surface area is 159 Å². The van der Waals surface area contributed by atoms with E-state index in [1.54, 1.807) is 12.2 Å². The molecule has 0 aromatic rings. The SMILES string of the molecule is CCCCCC(C(O)CC(C(O)C/C=C\CCCCC=O)[N+](=O)[O-])[N+](=O)[O-]. The molecule has 27 heavy (non-hydrogen) atoms. The van der Waals surface area contributed by atoms with Gasteiger partial charge in [0.25, 0.3) is 0 Å². The molecular formula is C18H32N2O7. The second kappa shape index (κ2) is 15.2. The molecule has 0 saturated heterocycles. The largest absolute Gasteiger partial charge is 0.386 e. The number of nitrogens with zero attached hydrogens (tertiary/aromatic N) is 2. The zero-order valence-electron chi connectivity index (χ0n) is 15.9. The highest BCUT2D eigenvalue weighted by atomic mass is 16.6. The van der Waals surface area contributed by atoms with Crippen LogP contribution in [0.25, 0.3) is 0 Å². The van der Waals surface area contributed by atoms with Gasteiger partial charge >= 0.3 is 0 Å². The smallest absolute Gasteiger partial charge is 0.241 e. The highest BCUT2D eigenvalue weighted by Crippen LogP contribution is 2.18. The minimum atomic E-state index is -1.48. The van der Waals surface area contributed by atoms with Crippen molar-refractivity contribution >= 4 is 6.29 Å². The van der Waals surface area contributed by atoms with Crippen molar-refractivity contribution in [2.45, 2.75) is 95.4 Å². The Hall–Kier alpha value is -1.87. The molecule has 156 valence electrons. The molecule has 0 aromatic carbocycles. The van der Waals surface area contributed by atoms with Crippen molar-refractivity contribution in [3.8, 4) is 0 Å². The summed E-state index contributed by atoms with van der Waals surface area (Å²) in [7, 11) is 0. The van der Waals surface area contributed by atoms with Crippen LogP contribution >= 0.6 is 0 Å². The van der Waals surface area contributed by atoms with Crippen molar-refractivity contribution in [1.82, 2.24) is 0 Å². The Morgan fingerprint density at radius 2 is 1.52 bits per heavy atom. The maximum absolute atomic E-state index is 11.2. The average Bonchev–Trinajstić information content (AvgIpc) is 2.61. The molecule has 0 heterocycles. The van der Waals surface area contributed by atoms with Crippen molar-refractivity contribution in [2.75, 3.05) is 0 Å². The molecular weight excluding hydrogens is 356 g/mol. The molecule has 0 aliphatic heterocycles. The number of carbonyl (C=O) groups excluding carboxylic acids is 1. The van der Waals surface area contributed by atoms with Crippen LogP contribution in [0.3, 0.4) is 0 Å². The third-order valence-electron chi connectivity index (χ3n) is 4.50. The first-order chi connectivity index (χ1) is 12.8. The molecule has 4 unspecified atom stereocenters. The number of hydrogen-bond acceptors (Lipinski definition) is 7. The van der Waals surface area contributed by atoms with Gasteiger partial charge in [0.05, 0.1) is 6.42 Å². The Morgan fingerprint density at radius 1 is 0.889 bits per heavy atom. The average molecular weight is 388 g/mol. The summed E-state index contributed by atoms with van der Waals surface area (Å²) < 4.78 is 0. The van der Waals surface area contributed by atoms with Crippen LogP contribution in [-0.2, 0) is 4.79 Å². The van der Waals surface area contributed by atoms with Gasteiger partial charge < -0.3 is 15.0 Å². The van der Waals surface area contributed by atoms with Gasteiger partial charge in [-0.3, -0.25) is 20.2 Å². The van der Waals surface area contributed by atoms with Gasteiger partial charge in [-0.05, 0) is 32.1 Å². The van der Waals surface area contributed by atoms with E-state index in [0.717, 1.165) is 32.0 Å². The van der Waals surface area contributed by atoms with Gasteiger partial charge in [0, 0.05) is 22.7 Å². The molecule has 0 aromatic heterocycles. The summed E-state index contributed by atoms with van der Waals surface area (Å²) in [6, 6.07) is -2.73. The number of carbonyl (C=O) groups is 1. The summed E-state index contributed by atoms with van der Waals surface area (Å²) in [6.07, 6.45) is 6.18. The van der Waals surface area contributed by atoms with Crippen molar-refractivity contribution in [3.05, 3.63) is 32.4 Å². The van der Waals surface area contributed by atoms with Gasteiger partial charge in [-0.1, -0.05) is 31.9 Å². The standard InChI is InChI=1S/C18H32N2O7/c1-2-3-8-11-15(19(24)25)18(23)14-16(20(26)27)17(22)12-9-6-4-5-7-10-13-21/h6,9,13,15-18,22-23H,2-5,7-8,10-12,14H2,1H3/b9-6-. The molecule has 9 heteroatoms. The molecule has 0 saturated carbocycles. The number of nitro groups is 2. The number of allylic oxidation sites excluding steroid dienone is 1. The molecule has 0 spiro atoms. The van der Waals surface area contributed by atoms with Gasteiger partial charge in [0.15, 0.2) is 0 Å². The van der Waals surface area contributed by atoms with Gasteiger partial charge in [0.1, 0.15) is 18.5 Å². The maximum atomic E-state index is 11.2. The summed E-state index contributed by atoms with van der Waals surface area (Å²) >= 11 is 0. The lowest BCUT2D eigenvalue weighted by atomic mass is 9.95. The lowest BCUT2D eigenvalue weighted by Gasteiger charge is -2.20. The number of rotatable bonds is 17. The van der Waals surface area contributed by atoms with Crippen LogP contribution in [-0.4, -0.2) is 50.6 Å². The minimum Gasteiger partial charge on any atom is -0.386 e. The fourth-order valence-electron chi connectivity index (χ4n) is 2.83. The molecule has 2 N–H and O–H groups in total. The van der Waals surface area contributed by atoms with Crippen LogP contribution in [0.2, 0.25) is 0 Å². The van der Waals surface area contributed by atoms with E-state index in [9.17, 15) is 35.2 Å². The second-order valence-corrected chi connectivity index (χ2v) is 6.73. The summed E-state index contributed by atoms with van der Waals surface area (Å²) in [4.78, 5) is 31.3. The van der Waals surface area contributed by atoms with E-state index in [0.29, 0.717) is 19.3 Å². The van der Waals surface area contributed by atoms with E-state index < -0.39 is 40.6 Å². The van der Waals surface area contributed by atoms with E-state index >= 15 is 0 Å². The van der Waals surface area contributed by atoms with E-state index in [-0.39, 0.29) is 12.8 Å². The lowest BCUT2D eigenvalue weighted by molar-refractivity contribution is -0.554. The highest BCUT2D eigenvalue weighted by molar-refractivity contribution is 5.48. The monoisotopic (exact) mass is 388 g/mol. The second-order valence-electron chi connectivity index (χ2n) is 6.73. The van der Waals surface area contributed by atoms with Crippen LogP contribution in [0.1, 0.15) is 71.1 Å². The van der Waals surface area contributed by atoms with Gasteiger partial charge in [-0.25, -0.2) is 0 Å². The van der Waals surface area contributed by atoms with E-state index in [2.05, 4.69) is 0 Å². The quantitative estimate of drug-likeness (QED) is 0.128. The number of unbranched alkanes of at least 4 members (excludes halogenated alkanes) is 5. The van der Waals surface area contributed by atoms with E-state index in [4.69, 9.17) is 0 Å². The third kappa shape index (κ3) is 11.4. The molecule has 0 fully saturated rings. The van der Waals surface area contributed by atoms with Crippen LogP contribution in [0, 0.1) is 20.2 Å². The van der Waals surface area contributed by atoms with Crippen LogP contribution in [0.5, 0.6) is 0 Å². The third-order valence-corrected chi connectivity index (χ3v) is 4.50. The molecule has 0 amide bonds. The Balaban J connectivity index is 4.61. The fraction of sp³-hybridized carbons (Fsp3) is 0.833. The zero-order valence-corrected chi connectivity index (χ0v) is 15.9. The topological polar surface area (TPSA) is 144 Å². The van der Waals surface area contributed by atoms with Crippen molar-refractivity contribution < 1.29 is 24.9 Å². The molecule has 4 atom stereocenters. The van der Waals surface area contributed by atoms with Crippen molar-refractivity contribution in [3.63, 3.8) is 0 Å². The lowest BCUT2D eigenvalue weighted by Crippen LogP contribution is -2.42. The zero-order chi connectivity index (χ0) is 20.7. The van der Waals surface area contributed by atoms with Crippen LogP contribution in [0.4, 0.5) is 0 Å². The minimum absolute atomic E-state index is 0.0328.